The van der Waals surface area contributed by atoms with Gasteiger partial charge in [0.2, 0.25) is 0 Å². The standard InChI is InChI=1S/C16H25BrN2/c1-5-14-10-18-16(4,6-2)11-19(14)15-8-12(3)7-13(17)9-15/h7-9,14,18H,5-6,10-11H2,1-4H3. The lowest BCUT2D eigenvalue weighted by atomic mass is 9.92. The summed E-state index contributed by atoms with van der Waals surface area (Å²) in [4.78, 5) is 2.58. The van der Waals surface area contributed by atoms with E-state index in [-0.39, 0.29) is 5.54 Å². The number of nitrogens with zero attached hydrogens (tertiary/aromatic N) is 1. The highest BCUT2D eigenvalue weighted by molar-refractivity contribution is 9.10. The minimum Gasteiger partial charge on any atom is -0.365 e. The largest absolute Gasteiger partial charge is 0.365 e. The van der Waals surface area contributed by atoms with Gasteiger partial charge in [-0.3, -0.25) is 0 Å². The van der Waals surface area contributed by atoms with Crippen LogP contribution in [0, 0.1) is 6.92 Å². The SMILES string of the molecule is CCC1CNC(C)(CC)CN1c1cc(C)cc(Br)c1. The number of rotatable bonds is 3. The lowest BCUT2D eigenvalue weighted by molar-refractivity contribution is 0.276. The van der Waals surface area contributed by atoms with Crippen molar-refractivity contribution >= 4 is 21.6 Å². The first-order valence-corrected chi connectivity index (χ1v) is 8.05. The Balaban J connectivity index is 2.32. The predicted molar refractivity (Wildman–Crippen MR) is 87.0 cm³/mol. The molecule has 0 aliphatic carbocycles. The Kier molecular flexibility index (Phi) is 4.57. The number of piperazine rings is 1. The third-order valence-electron chi connectivity index (χ3n) is 4.33. The van der Waals surface area contributed by atoms with Gasteiger partial charge < -0.3 is 10.2 Å². The fourth-order valence-corrected chi connectivity index (χ4v) is 3.42. The van der Waals surface area contributed by atoms with E-state index in [4.69, 9.17) is 0 Å². The number of aryl methyl sites for hydroxylation is 1. The first-order valence-electron chi connectivity index (χ1n) is 7.26. The van der Waals surface area contributed by atoms with Crippen molar-refractivity contribution in [3.8, 4) is 0 Å². The first kappa shape index (κ1) is 14.9. The summed E-state index contributed by atoms with van der Waals surface area (Å²) in [5.74, 6) is 0. The molecule has 1 N–H and O–H groups in total. The smallest absolute Gasteiger partial charge is 0.0412 e. The Morgan fingerprint density at radius 1 is 1.37 bits per heavy atom. The fraction of sp³-hybridized carbons (Fsp3) is 0.625. The van der Waals surface area contributed by atoms with Crippen LogP contribution < -0.4 is 10.2 Å². The molecule has 1 fully saturated rings. The van der Waals surface area contributed by atoms with Gasteiger partial charge in [0.1, 0.15) is 0 Å². The Morgan fingerprint density at radius 2 is 2.11 bits per heavy atom. The van der Waals surface area contributed by atoms with Gasteiger partial charge in [0.25, 0.3) is 0 Å². The number of halogens is 1. The van der Waals surface area contributed by atoms with Crippen LogP contribution in [-0.2, 0) is 0 Å². The quantitative estimate of drug-likeness (QED) is 0.899. The second-order valence-electron chi connectivity index (χ2n) is 5.97. The van der Waals surface area contributed by atoms with Crippen LogP contribution in [0.1, 0.15) is 39.2 Å². The van der Waals surface area contributed by atoms with E-state index in [1.54, 1.807) is 0 Å². The van der Waals surface area contributed by atoms with Crippen LogP contribution in [0.4, 0.5) is 5.69 Å². The minimum absolute atomic E-state index is 0.224. The Morgan fingerprint density at radius 3 is 2.68 bits per heavy atom. The van der Waals surface area contributed by atoms with Crippen molar-refractivity contribution in [1.82, 2.24) is 5.32 Å². The zero-order chi connectivity index (χ0) is 14.0. The highest BCUT2D eigenvalue weighted by Crippen LogP contribution is 2.29. The zero-order valence-corrected chi connectivity index (χ0v) is 14.0. The second kappa shape index (κ2) is 5.84. The predicted octanol–water partition coefficient (Wildman–Crippen LogP) is 4.11. The molecule has 1 aliphatic rings. The van der Waals surface area contributed by atoms with Gasteiger partial charge in [-0.2, -0.15) is 0 Å². The molecule has 2 atom stereocenters. The number of benzene rings is 1. The Hall–Kier alpha value is -0.540. The van der Waals surface area contributed by atoms with Gasteiger partial charge >= 0.3 is 0 Å². The molecule has 2 unspecified atom stereocenters. The molecule has 0 bridgehead atoms. The molecular formula is C16H25BrN2. The molecule has 1 heterocycles. The summed E-state index contributed by atoms with van der Waals surface area (Å²) in [7, 11) is 0. The number of anilines is 1. The van der Waals surface area contributed by atoms with Crippen LogP contribution in [0.5, 0.6) is 0 Å². The summed E-state index contributed by atoms with van der Waals surface area (Å²) in [6, 6.07) is 7.31. The zero-order valence-electron chi connectivity index (χ0n) is 12.5. The summed E-state index contributed by atoms with van der Waals surface area (Å²) in [6.45, 7) is 11.2. The molecule has 3 heteroatoms. The molecule has 106 valence electrons. The second-order valence-corrected chi connectivity index (χ2v) is 6.89. The van der Waals surface area contributed by atoms with Crippen molar-refractivity contribution in [2.45, 2.75) is 52.1 Å². The maximum Gasteiger partial charge on any atom is 0.0412 e. The Bertz CT molecular complexity index is 426. The number of nitrogens with one attached hydrogen (secondary N) is 1. The molecule has 0 radical (unpaired) electrons. The molecule has 0 spiro atoms. The summed E-state index contributed by atoms with van der Waals surface area (Å²) in [6.07, 6.45) is 2.34. The lowest BCUT2D eigenvalue weighted by Crippen LogP contribution is -2.62. The molecule has 1 saturated heterocycles. The molecule has 1 aromatic rings. The third-order valence-corrected chi connectivity index (χ3v) is 4.79. The molecule has 0 saturated carbocycles. The van der Waals surface area contributed by atoms with Gasteiger partial charge in [0, 0.05) is 34.8 Å². The average Bonchev–Trinajstić information content (AvgIpc) is 2.37. The molecule has 19 heavy (non-hydrogen) atoms. The van der Waals surface area contributed by atoms with Crippen LogP contribution in [0.15, 0.2) is 22.7 Å². The van der Waals surface area contributed by atoms with Crippen LogP contribution in [0.2, 0.25) is 0 Å². The molecule has 0 aromatic heterocycles. The van der Waals surface area contributed by atoms with Crippen molar-refractivity contribution in [2.75, 3.05) is 18.0 Å². The first-order chi connectivity index (χ1) is 8.97. The maximum atomic E-state index is 3.72. The van der Waals surface area contributed by atoms with Gasteiger partial charge in [-0.1, -0.05) is 29.8 Å². The maximum absolute atomic E-state index is 3.72. The van der Waals surface area contributed by atoms with Crippen molar-refractivity contribution in [3.05, 3.63) is 28.2 Å². The van der Waals surface area contributed by atoms with E-state index in [2.05, 4.69) is 72.0 Å². The van der Waals surface area contributed by atoms with E-state index < -0.39 is 0 Å². The topological polar surface area (TPSA) is 15.3 Å². The van der Waals surface area contributed by atoms with Crippen molar-refractivity contribution in [2.24, 2.45) is 0 Å². The van der Waals surface area contributed by atoms with E-state index in [9.17, 15) is 0 Å². The number of hydrogen-bond donors (Lipinski definition) is 1. The fourth-order valence-electron chi connectivity index (χ4n) is 2.82. The van der Waals surface area contributed by atoms with Crippen molar-refractivity contribution < 1.29 is 0 Å². The average molecular weight is 325 g/mol. The van der Waals surface area contributed by atoms with Crippen LogP contribution in [-0.4, -0.2) is 24.7 Å². The monoisotopic (exact) mass is 324 g/mol. The summed E-state index contributed by atoms with van der Waals surface area (Å²) in [5.41, 5.74) is 2.89. The van der Waals surface area contributed by atoms with Crippen molar-refractivity contribution in [1.29, 1.82) is 0 Å². The molecule has 2 nitrogen and oxygen atoms in total. The molecule has 2 rings (SSSR count). The summed E-state index contributed by atoms with van der Waals surface area (Å²) < 4.78 is 1.18. The highest BCUT2D eigenvalue weighted by Gasteiger charge is 2.33. The summed E-state index contributed by atoms with van der Waals surface area (Å²) >= 11 is 3.62. The van der Waals surface area contributed by atoms with E-state index in [0.717, 1.165) is 19.5 Å². The lowest BCUT2D eigenvalue weighted by Gasteiger charge is -2.47. The molecular weight excluding hydrogens is 300 g/mol. The van der Waals surface area contributed by atoms with Crippen LogP contribution in [0.3, 0.4) is 0 Å². The van der Waals surface area contributed by atoms with E-state index >= 15 is 0 Å². The van der Waals surface area contributed by atoms with Gasteiger partial charge in [-0.15, -0.1) is 0 Å². The van der Waals surface area contributed by atoms with E-state index in [1.165, 1.54) is 22.1 Å². The van der Waals surface area contributed by atoms with Gasteiger partial charge in [-0.05, 0) is 50.5 Å². The van der Waals surface area contributed by atoms with E-state index in [1.807, 2.05) is 0 Å². The van der Waals surface area contributed by atoms with Crippen LogP contribution >= 0.6 is 15.9 Å². The minimum atomic E-state index is 0.224. The molecule has 0 amide bonds. The normalized spacial score (nSPS) is 27.6. The van der Waals surface area contributed by atoms with E-state index in [0.29, 0.717) is 6.04 Å². The van der Waals surface area contributed by atoms with Crippen molar-refractivity contribution in [3.63, 3.8) is 0 Å². The number of hydrogen-bond acceptors (Lipinski definition) is 2. The van der Waals surface area contributed by atoms with Gasteiger partial charge in [0.05, 0.1) is 0 Å². The van der Waals surface area contributed by atoms with Gasteiger partial charge in [-0.25, -0.2) is 0 Å². The van der Waals surface area contributed by atoms with Gasteiger partial charge in [0.15, 0.2) is 0 Å². The van der Waals surface area contributed by atoms with Crippen LogP contribution in [0.25, 0.3) is 0 Å². The summed E-state index contributed by atoms with van der Waals surface area (Å²) in [5, 5.41) is 3.72. The third kappa shape index (κ3) is 3.32. The Labute approximate surface area is 125 Å². The molecule has 1 aromatic carbocycles. The highest BCUT2D eigenvalue weighted by atomic mass is 79.9. The molecule has 1 aliphatic heterocycles.